The van der Waals surface area contributed by atoms with Gasteiger partial charge in [-0.3, -0.25) is 4.79 Å². The van der Waals surface area contributed by atoms with Gasteiger partial charge >= 0.3 is 0 Å². The number of fused-ring (bicyclic) bond motifs is 1. The van der Waals surface area contributed by atoms with E-state index in [1.54, 1.807) is 16.8 Å². The summed E-state index contributed by atoms with van der Waals surface area (Å²) in [5.74, 6) is 1.31. The zero-order valence-electron chi connectivity index (χ0n) is 16.0. The average molecular weight is 401 g/mol. The summed E-state index contributed by atoms with van der Waals surface area (Å²) in [6.45, 7) is 5.29. The second-order valence-corrected chi connectivity index (χ2v) is 8.35. The number of carbonyl (C=O) groups excluding carboxylic acids is 1. The van der Waals surface area contributed by atoms with Gasteiger partial charge in [0, 0.05) is 23.8 Å². The summed E-state index contributed by atoms with van der Waals surface area (Å²) in [7, 11) is 0. The van der Waals surface area contributed by atoms with Crippen LogP contribution in [0.1, 0.15) is 39.5 Å². The molecule has 1 N–H and O–H groups in total. The summed E-state index contributed by atoms with van der Waals surface area (Å²) in [5, 5.41) is 10.1. The fourth-order valence-electron chi connectivity index (χ4n) is 3.64. The number of aliphatic hydroxyl groups is 1. The first-order valence-electron chi connectivity index (χ1n) is 9.28. The fraction of sp³-hybridized carbons (Fsp3) is 0.429. The molecule has 3 aromatic rings. The lowest BCUT2D eigenvalue weighted by molar-refractivity contribution is -0.121. The number of thiazole rings is 1. The van der Waals surface area contributed by atoms with Crippen molar-refractivity contribution in [2.75, 3.05) is 19.8 Å². The molecular formula is C21H23NO5S. The Bertz CT molecular complexity index is 1000. The maximum absolute atomic E-state index is 13.1. The van der Waals surface area contributed by atoms with Crippen LogP contribution in [-0.2, 0) is 11.3 Å². The van der Waals surface area contributed by atoms with Crippen LogP contribution in [0.25, 0.3) is 11.0 Å². The molecule has 7 heteroatoms. The number of ether oxygens (including phenoxy) is 2. The zero-order chi connectivity index (χ0) is 19.7. The lowest BCUT2D eigenvalue weighted by atomic mass is 9.77. The zero-order valence-corrected chi connectivity index (χ0v) is 16.8. The van der Waals surface area contributed by atoms with Crippen LogP contribution < -0.4 is 4.74 Å². The Labute approximate surface area is 167 Å². The van der Waals surface area contributed by atoms with Crippen LogP contribution in [0.5, 0.6) is 5.75 Å². The molecule has 0 saturated carbocycles. The van der Waals surface area contributed by atoms with Crippen LogP contribution in [-0.4, -0.2) is 35.7 Å². The Morgan fingerprint density at radius 1 is 1.36 bits per heavy atom. The standard InChI is InChI=1S/C21H23NO5S/c1-13-19(28-12-22-13)9-26-15-3-4-18-16(7-15)20(14(2)27-18)17(24)8-21(5-6-23)10-25-11-21/h3-4,7,12,23H,5-6,8-11H2,1-2H3. The highest BCUT2D eigenvalue weighted by Gasteiger charge is 2.40. The summed E-state index contributed by atoms with van der Waals surface area (Å²) < 4.78 is 17.0. The predicted octanol–water partition coefficient (Wildman–Crippen LogP) is 4.06. The van der Waals surface area contributed by atoms with E-state index in [1.807, 2.05) is 32.0 Å². The minimum absolute atomic E-state index is 0.0171. The molecule has 0 aliphatic carbocycles. The molecule has 2 aromatic heterocycles. The molecule has 0 atom stereocenters. The minimum Gasteiger partial charge on any atom is -0.488 e. The van der Waals surface area contributed by atoms with Crippen LogP contribution in [0.3, 0.4) is 0 Å². The summed E-state index contributed by atoms with van der Waals surface area (Å²) in [6, 6.07) is 5.55. The van der Waals surface area contributed by atoms with E-state index >= 15 is 0 Å². The van der Waals surface area contributed by atoms with Gasteiger partial charge in [-0.2, -0.15) is 0 Å². The van der Waals surface area contributed by atoms with Gasteiger partial charge in [-0.1, -0.05) is 0 Å². The van der Waals surface area contributed by atoms with Gasteiger partial charge in [0.05, 0.1) is 34.9 Å². The molecule has 1 aromatic carbocycles. The minimum atomic E-state index is -0.264. The molecule has 28 heavy (non-hydrogen) atoms. The van der Waals surface area contributed by atoms with Gasteiger partial charge in [0.2, 0.25) is 0 Å². The van der Waals surface area contributed by atoms with Gasteiger partial charge in [-0.15, -0.1) is 11.3 Å². The summed E-state index contributed by atoms with van der Waals surface area (Å²) in [5.41, 5.74) is 3.78. The average Bonchev–Trinajstić information content (AvgIpc) is 3.19. The van der Waals surface area contributed by atoms with Crippen molar-refractivity contribution in [3.8, 4) is 5.75 Å². The third kappa shape index (κ3) is 3.57. The number of hydrogen-bond donors (Lipinski definition) is 1. The second kappa shape index (κ2) is 7.66. The molecule has 0 radical (unpaired) electrons. The van der Waals surface area contributed by atoms with E-state index < -0.39 is 0 Å². The highest BCUT2D eigenvalue weighted by atomic mass is 32.1. The molecule has 3 heterocycles. The number of aromatic nitrogens is 1. The number of rotatable bonds is 8. The van der Waals surface area contributed by atoms with Crippen molar-refractivity contribution in [3.63, 3.8) is 0 Å². The van der Waals surface area contributed by atoms with Crippen molar-refractivity contribution < 1.29 is 23.8 Å². The monoisotopic (exact) mass is 401 g/mol. The Morgan fingerprint density at radius 3 is 2.82 bits per heavy atom. The third-order valence-corrected chi connectivity index (χ3v) is 6.23. The number of aryl methyl sites for hydroxylation is 2. The van der Waals surface area contributed by atoms with Gasteiger partial charge in [-0.25, -0.2) is 4.98 Å². The largest absolute Gasteiger partial charge is 0.488 e. The number of hydrogen-bond acceptors (Lipinski definition) is 7. The van der Waals surface area contributed by atoms with Gasteiger partial charge in [0.25, 0.3) is 0 Å². The molecule has 148 valence electrons. The van der Waals surface area contributed by atoms with Crippen molar-refractivity contribution in [1.29, 1.82) is 0 Å². The summed E-state index contributed by atoms with van der Waals surface area (Å²) in [4.78, 5) is 18.4. The van der Waals surface area contributed by atoms with Crippen LogP contribution in [0.15, 0.2) is 28.1 Å². The number of furan rings is 1. The van der Waals surface area contributed by atoms with Crippen molar-refractivity contribution in [2.24, 2.45) is 5.41 Å². The van der Waals surface area contributed by atoms with Crippen molar-refractivity contribution in [2.45, 2.75) is 33.3 Å². The fourth-order valence-corrected chi connectivity index (χ4v) is 4.33. The molecule has 0 unspecified atom stereocenters. The van der Waals surface area contributed by atoms with E-state index in [0.29, 0.717) is 55.3 Å². The van der Waals surface area contributed by atoms with E-state index in [-0.39, 0.29) is 17.8 Å². The smallest absolute Gasteiger partial charge is 0.167 e. The number of aliphatic hydroxyl groups excluding tert-OH is 1. The molecule has 0 spiro atoms. The molecule has 1 aliphatic rings. The molecule has 4 rings (SSSR count). The van der Waals surface area contributed by atoms with Crippen molar-refractivity contribution in [1.82, 2.24) is 4.98 Å². The lowest BCUT2D eigenvalue weighted by Crippen LogP contribution is -2.44. The molecule has 0 bridgehead atoms. The van der Waals surface area contributed by atoms with Crippen LogP contribution in [0.4, 0.5) is 0 Å². The molecule has 6 nitrogen and oxygen atoms in total. The highest BCUT2D eigenvalue weighted by molar-refractivity contribution is 7.09. The SMILES string of the molecule is Cc1ncsc1COc1ccc2oc(C)c(C(=O)CC3(CCO)COC3)c2c1. The van der Waals surface area contributed by atoms with Crippen molar-refractivity contribution >= 4 is 28.1 Å². The Hall–Kier alpha value is -2.22. The maximum Gasteiger partial charge on any atom is 0.167 e. The predicted molar refractivity (Wildman–Crippen MR) is 106 cm³/mol. The van der Waals surface area contributed by atoms with E-state index in [2.05, 4.69) is 4.98 Å². The Balaban J connectivity index is 1.58. The number of ketones is 1. The van der Waals surface area contributed by atoms with Gasteiger partial charge in [0.1, 0.15) is 23.7 Å². The molecular weight excluding hydrogens is 378 g/mol. The van der Waals surface area contributed by atoms with Crippen LogP contribution in [0, 0.1) is 19.3 Å². The summed E-state index contributed by atoms with van der Waals surface area (Å²) in [6.07, 6.45) is 0.907. The Kier molecular flexibility index (Phi) is 5.23. The first-order valence-corrected chi connectivity index (χ1v) is 10.2. The Morgan fingerprint density at radius 2 is 2.18 bits per heavy atom. The molecule has 1 saturated heterocycles. The lowest BCUT2D eigenvalue weighted by Gasteiger charge is -2.40. The first-order chi connectivity index (χ1) is 13.5. The highest BCUT2D eigenvalue weighted by Crippen LogP contribution is 2.38. The molecule has 1 fully saturated rings. The number of Topliss-reactive ketones (excluding diaryl/α,β-unsaturated/α-hetero) is 1. The third-order valence-electron chi connectivity index (χ3n) is 5.32. The van der Waals surface area contributed by atoms with E-state index in [4.69, 9.17) is 13.9 Å². The summed E-state index contributed by atoms with van der Waals surface area (Å²) >= 11 is 1.56. The van der Waals surface area contributed by atoms with Gasteiger partial charge in [-0.05, 0) is 38.5 Å². The number of nitrogens with zero attached hydrogens (tertiary/aromatic N) is 1. The van der Waals surface area contributed by atoms with Crippen LogP contribution >= 0.6 is 11.3 Å². The second-order valence-electron chi connectivity index (χ2n) is 7.41. The van der Waals surface area contributed by atoms with Gasteiger partial charge in [0.15, 0.2) is 5.78 Å². The van der Waals surface area contributed by atoms with Crippen molar-refractivity contribution in [3.05, 3.63) is 45.6 Å². The topological polar surface area (TPSA) is 81.8 Å². The number of carbonyl (C=O) groups is 1. The van der Waals surface area contributed by atoms with E-state index in [9.17, 15) is 9.90 Å². The normalized spacial score (nSPS) is 15.5. The van der Waals surface area contributed by atoms with E-state index in [0.717, 1.165) is 16.0 Å². The molecule has 1 aliphatic heterocycles. The van der Waals surface area contributed by atoms with E-state index in [1.165, 1.54) is 0 Å². The number of benzene rings is 1. The van der Waals surface area contributed by atoms with Crippen LogP contribution in [0.2, 0.25) is 0 Å². The maximum atomic E-state index is 13.1. The molecule has 0 amide bonds. The first kappa shape index (κ1) is 19.1. The van der Waals surface area contributed by atoms with Gasteiger partial charge < -0.3 is 19.0 Å². The quantitative estimate of drug-likeness (QED) is 0.573.